The summed E-state index contributed by atoms with van der Waals surface area (Å²) < 4.78 is 6.38. The molecule has 2 amide bonds. The maximum Gasteiger partial charge on any atom is 0.310 e. The minimum atomic E-state index is -1.40. The Labute approximate surface area is 233 Å². The molecule has 3 unspecified atom stereocenters. The van der Waals surface area contributed by atoms with Gasteiger partial charge in [-0.05, 0) is 30.5 Å². The highest BCUT2D eigenvalue weighted by atomic mass is 79.9. The number of carboxylic acid groups (broad SMARTS) is 1. The van der Waals surface area contributed by atoms with Crippen molar-refractivity contribution in [1.82, 2.24) is 4.90 Å². The molecule has 0 radical (unpaired) electrons. The van der Waals surface area contributed by atoms with Gasteiger partial charge in [-0.25, -0.2) is 0 Å². The van der Waals surface area contributed by atoms with Crippen molar-refractivity contribution in [1.29, 1.82) is 0 Å². The minimum absolute atomic E-state index is 0.0986. The molecule has 0 aliphatic carbocycles. The van der Waals surface area contributed by atoms with E-state index in [9.17, 15) is 24.6 Å². The molecule has 3 saturated heterocycles. The summed E-state index contributed by atoms with van der Waals surface area (Å²) in [5.74, 6) is -4.36. The van der Waals surface area contributed by atoms with Crippen LogP contribution in [0, 0.1) is 18.8 Å². The van der Waals surface area contributed by atoms with Crippen molar-refractivity contribution >= 4 is 51.0 Å². The lowest BCUT2D eigenvalue weighted by molar-refractivity contribution is -0.151. The number of aliphatic hydroxyl groups excluding tert-OH is 1. The number of hydrogen-bond acceptors (Lipinski definition) is 5. The maximum absolute atomic E-state index is 14.7. The zero-order valence-electron chi connectivity index (χ0n) is 20.7. The van der Waals surface area contributed by atoms with Gasteiger partial charge in [0.25, 0.3) is 5.91 Å². The number of alkyl halides is 1. The standard InChI is InChI=1S/C28H28BrClN2O6/c1-3-12-31(22-15(2)8-7-11-18(22)30)26(35)24-28-13-17(29)23(38-28)20(27(36)37)21(28)25(34)32(24)19(14-33)16-9-5-4-6-10-16/h3-11,17,19-21,23-24,33H,1,12-14H2,2H3,(H,36,37)/t17?,19-,20-,21+,23-,24?,28?/m1/s1. The van der Waals surface area contributed by atoms with E-state index in [0.29, 0.717) is 16.3 Å². The number of carboxylic acids is 1. The smallest absolute Gasteiger partial charge is 0.310 e. The van der Waals surface area contributed by atoms with Crippen LogP contribution in [0.4, 0.5) is 5.69 Å². The summed E-state index contributed by atoms with van der Waals surface area (Å²) in [5.41, 5.74) is 0.452. The third kappa shape index (κ3) is 3.90. The van der Waals surface area contributed by atoms with E-state index in [4.69, 9.17) is 16.3 Å². The fourth-order valence-corrected chi connectivity index (χ4v) is 7.79. The summed E-state index contributed by atoms with van der Waals surface area (Å²) in [6, 6.07) is 12.1. The number of nitrogens with zero attached hydrogens (tertiary/aromatic N) is 2. The van der Waals surface area contributed by atoms with Crippen LogP contribution in [-0.2, 0) is 19.1 Å². The van der Waals surface area contributed by atoms with Crippen LogP contribution in [0.1, 0.15) is 23.6 Å². The lowest BCUT2D eigenvalue weighted by Gasteiger charge is -2.40. The van der Waals surface area contributed by atoms with Crippen molar-refractivity contribution in [3.05, 3.63) is 77.3 Å². The molecule has 3 fully saturated rings. The Balaban J connectivity index is 1.70. The molecule has 10 heteroatoms. The van der Waals surface area contributed by atoms with Gasteiger partial charge in [-0.3, -0.25) is 14.4 Å². The van der Waals surface area contributed by atoms with Crippen LogP contribution in [0.2, 0.25) is 5.02 Å². The van der Waals surface area contributed by atoms with E-state index in [1.54, 1.807) is 42.5 Å². The first-order valence-electron chi connectivity index (χ1n) is 12.4. The van der Waals surface area contributed by atoms with E-state index in [1.165, 1.54) is 9.80 Å². The number of rotatable bonds is 8. The van der Waals surface area contributed by atoms with Crippen molar-refractivity contribution in [3.63, 3.8) is 0 Å². The van der Waals surface area contributed by atoms with E-state index in [0.717, 1.165) is 5.56 Å². The Morgan fingerprint density at radius 2 is 2.00 bits per heavy atom. The number of halogens is 2. The Morgan fingerprint density at radius 3 is 2.61 bits per heavy atom. The number of carbonyl (C=O) groups is 3. The molecule has 2 N–H and O–H groups in total. The predicted octanol–water partition coefficient (Wildman–Crippen LogP) is 3.73. The largest absolute Gasteiger partial charge is 0.481 e. The van der Waals surface area contributed by atoms with Gasteiger partial charge >= 0.3 is 5.97 Å². The number of aliphatic hydroxyl groups is 1. The molecule has 8 nitrogen and oxygen atoms in total. The molecule has 5 rings (SSSR count). The van der Waals surface area contributed by atoms with Crippen LogP contribution in [-0.4, -0.2) is 68.6 Å². The van der Waals surface area contributed by atoms with E-state index >= 15 is 0 Å². The second-order valence-corrected chi connectivity index (χ2v) is 11.6. The number of aryl methyl sites for hydroxylation is 1. The third-order valence-electron chi connectivity index (χ3n) is 7.98. The van der Waals surface area contributed by atoms with Crippen LogP contribution in [0.3, 0.4) is 0 Å². The SMILES string of the molecule is C=CCN(C(=O)C1N([C@H](CO)c2ccccc2)C(=O)[C@@H]2[C@@H](C(=O)O)[C@@H]3OC12CC3Br)c1c(C)cccc1Cl. The second kappa shape index (κ2) is 10.1. The zero-order chi connectivity index (χ0) is 27.4. The van der Waals surface area contributed by atoms with Gasteiger partial charge in [-0.2, -0.15) is 0 Å². The lowest BCUT2D eigenvalue weighted by Crippen LogP contribution is -2.57. The molecule has 38 heavy (non-hydrogen) atoms. The van der Waals surface area contributed by atoms with Gasteiger partial charge in [-0.15, -0.1) is 6.58 Å². The average Bonchev–Trinajstić information content (AvgIpc) is 3.48. The van der Waals surface area contributed by atoms with Crippen molar-refractivity contribution in [2.75, 3.05) is 18.1 Å². The Bertz CT molecular complexity index is 1270. The summed E-state index contributed by atoms with van der Waals surface area (Å²) in [5, 5.41) is 21.0. The molecular weight excluding hydrogens is 576 g/mol. The summed E-state index contributed by atoms with van der Waals surface area (Å²) >= 11 is 10.1. The fourth-order valence-electron chi connectivity index (χ4n) is 6.53. The third-order valence-corrected chi connectivity index (χ3v) is 9.13. The van der Waals surface area contributed by atoms with Crippen LogP contribution < -0.4 is 4.90 Å². The van der Waals surface area contributed by atoms with Crippen LogP contribution in [0.5, 0.6) is 0 Å². The molecule has 1 spiro atoms. The molecule has 2 aromatic rings. The number of anilines is 1. The monoisotopic (exact) mass is 602 g/mol. The number of likely N-dealkylation sites (tertiary alicyclic amines) is 1. The number of ether oxygens (including phenoxy) is 1. The van der Waals surface area contributed by atoms with E-state index < -0.39 is 60.0 Å². The van der Waals surface area contributed by atoms with Gasteiger partial charge in [0.1, 0.15) is 11.6 Å². The lowest BCUT2D eigenvalue weighted by atomic mass is 9.70. The number of hydrogen-bond donors (Lipinski definition) is 2. The summed E-state index contributed by atoms with van der Waals surface area (Å²) in [7, 11) is 0. The fraction of sp³-hybridized carbons (Fsp3) is 0.393. The number of benzene rings is 2. The van der Waals surface area contributed by atoms with Gasteiger partial charge in [0.15, 0.2) is 0 Å². The highest BCUT2D eigenvalue weighted by molar-refractivity contribution is 9.09. The number of aliphatic carboxylic acids is 1. The Morgan fingerprint density at radius 1 is 1.29 bits per heavy atom. The highest BCUT2D eigenvalue weighted by Gasteiger charge is 2.77. The van der Waals surface area contributed by atoms with Gasteiger partial charge in [0.2, 0.25) is 5.91 Å². The van der Waals surface area contributed by atoms with Gasteiger partial charge in [-0.1, -0.05) is 76.1 Å². The molecule has 0 aromatic heterocycles. The first kappa shape index (κ1) is 26.9. The van der Waals surface area contributed by atoms with Gasteiger partial charge in [0.05, 0.1) is 41.3 Å². The summed E-state index contributed by atoms with van der Waals surface area (Å²) in [6.45, 7) is 5.28. The van der Waals surface area contributed by atoms with Crippen LogP contribution >= 0.6 is 27.5 Å². The molecule has 3 aliphatic heterocycles. The summed E-state index contributed by atoms with van der Waals surface area (Å²) in [4.78, 5) is 43.7. The second-order valence-electron chi connectivity index (χ2n) is 10.00. The Hall–Kier alpha value is -2.72. The van der Waals surface area contributed by atoms with Crippen LogP contribution in [0.25, 0.3) is 0 Å². The molecule has 200 valence electrons. The van der Waals surface area contributed by atoms with Gasteiger partial charge in [0, 0.05) is 11.4 Å². The molecular formula is C28H28BrClN2O6. The summed E-state index contributed by atoms with van der Waals surface area (Å²) in [6.07, 6.45) is 1.07. The van der Waals surface area contributed by atoms with Gasteiger partial charge < -0.3 is 24.7 Å². The van der Waals surface area contributed by atoms with Crippen molar-refractivity contribution in [3.8, 4) is 0 Å². The van der Waals surface area contributed by atoms with Crippen molar-refractivity contribution in [2.24, 2.45) is 11.8 Å². The van der Waals surface area contributed by atoms with E-state index in [2.05, 4.69) is 22.5 Å². The van der Waals surface area contributed by atoms with E-state index in [1.807, 2.05) is 19.1 Å². The molecule has 2 bridgehead atoms. The van der Waals surface area contributed by atoms with Crippen molar-refractivity contribution < 1.29 is 29.3 Å². The molecule has 3 aliphatic rings. The van der Waals surface area contributed by atoms with Crippen LogP contribution in [0.15, 0.2) is 61.2 Å². The average molecular weight is 604 g/mol. The number of fused-ring (bicyclic) bond motifs is 1. The number of para-hydroxylation sites is 1. The maximum atomic E-state index is 14.7. The predicted molar refractivity (Wildman–Crippen MR) is 145 cm³/mol. The topological polar surface area (TPSA) is 107 Å². The molecule has 0 saturated carbocycles. The Kier molecular flexibility index (Phi) is 7.15. The quantitative estimate of drug-likeness (QED) is 0.352. The van der Waals surface area contributed by atoms with Crippen molar-refractivity contribution in [2.45, 2.75) is 42.0 Å². The first-order valence-corrected chi connectivity index (χ1v) is 13.7. The van der Waals surface area contributed by atoms with E-state index in [-0.39, 0.29) is 17.8 Å². The molecule has 3 heterocycles. The minimum Gasteiger partial charge on any atom is -0.481 e. The highest BCUT2D eigenvalue weighted by Crippen LogP contribution is 2.61. The molecule has 2 aromatic carbocycles. The molecule has 7 atom stereocenters. The normalized spacial score (nSPS) is 30.3. The number of amides is 2. The zero-order valence-corrected chi connectivity index (χ0v) is 23.0. The first-order chi connectivity index (χ1) is 18.2. The number of carbonyl (C=O) groups excluding carboxylic acids is 2.